The van der Waals surface area contributed by atoms with Crippen molar-refractivity contribution in [2.75, 3.05) is 0 Å². The fourth-order valence-electron chi connectivity index (χ4n) is 0.899. The Hall–Kier alpha value is -0.660. The van der Waals surface area contributed by atoms with Crippen LogP contribution in [0.1, 0.15) is 26.0 Å². The lowest BCUT2D eigenvalue weighted by atomic mass is 10.3. The maximum absolute atomic E-state index is 3.22. The van der Waals surface area contributed by atoms with Crippen LogP contribution in [0.3, 0.4) is 0 Å². The minimum Gasteiger partial charge on any atom is -0.301 e. The van der Waals surface area contributed by atoms with Crippen LogP contribution in [0.15, 0.2) is 6.20 Å². The van der Waals surface area contributed by atoms with Crippen LogP contribution >= 0.6 is 0 Å². The molecule has 0 saturated carbocycles. The summed E-state index contributed by atoms with van der Waals surface area (Å²) in [7, 11) is 0. The number of rotatable bonds is 3. The van der Waals surface area contributed by atoms with Gasteiger partial charge in [0.1, 0.15) is 0 Å². The molecule has 1 rings (SSSR count). The van der Waals surface area contributed by atoms with Crippen LogP contribution in [0.25, 0.3) is 0 Å². The minimum absolute atomic E-state index is 1.13. The van der Waals surface area contributed by atoms with Crippen LogP contribution in [0.2, 0.25) is 0 Å². The number of aryl methyl sites for hydroxylation is 2. The fraction of sp³-hybridized carbons (Fsp3) is 0.714. The highest BCUT2D eigenvalue weighted by molar-refractivity contribution is 4.94. The van der Waals surface area contributed by atoms with E-state index in [0.29, 0.717) is 0 Å². The SMILES string of the molecule is CCCn1cc(CC)[nH]1. The Kier molecular flexibility index (Phi) is 1.98. The average Bonchev–Trinajstić information content (AvgIpc) is 1.77. The van der Waals surface area contributed by atoms with Gasteiger partial charge in [-0.05, 0) is 12.8 Å². The molecule has 1 N–H and O–H groups in total. The van der Waals surface area contributed by atoms with Crippen LogP contribution < -0.4 is 0 Å². The number of H-pyrrole nitrogens is 1. The molecule has 0 amide bonds. The predicted octanol–water partition coefficient (Wildman–Crippen LogP) is 1.79. The van der Waals surface area contributed by atoms with E-state index in [1.54, 1.807) is 0 Å². The topological polar surface area (TPSA) is 20.7 Å². The molecule has 0 spiro atoms. The van der Waals surface area contributed by atoms with E-state index in [4.69, 9.17) is 0 Å². The highest BCUT2D eigenvalue weighted by Crippen LogP contribution is 1.98. The normalized spacial score (nSPS) is 10.4. The summed E-state index contributed by atoms with van der Waals surface area (Å²) in [5.41, 5.74) is 1.35. The lowest BCUT2D eigenvalue weighted by Crippen LogP contribution is -2.11. The lowest BCUT2D eigenvalue weighted by molar-refractivity contribution is 0.534. The van der Waals surface area contributed by atoms with Crippen molar-refractivity contribution < 1.29 is 0 Å². The van der Waals surface area contributed by atoms with Gasteiger partial charge in [0, 0.05) is 18.4 Å². The van der Waals surface area contributed by atoms with Crippen molar-refractivity contribution in [1.29, 1.82) is 0 Å². The lowest BCUT2D eigenvalue weighted by Gasteiger charge is -2.12. The van der Waals surface area contributed by atoms with E-state index in [-0.39, 0.29) is 0 Å². The van der Waals surface area contributed by atoms with E-state index in [1.165, 1.54) is 12.1 Å². The summed E-state index contributed by atoms with van der Waals surface area (Å²) in [6, 6.07) is 0. The fourth-order valence-corrected chi connectivity index (χ4v) is 0.899. The first kappa shape index (κ1) is 6.46. The molecule has 0 aliphatic rings. The predicted molar refractivity (Wildman–Crippen MR) is 38.5 cm³/mol. The maximum Gasteiger partial charge on any atom is 0.0491 e. The van der Waals surface area contributed by atoms with E-state index in [1.807, 2.05) is 0 Å². The van der Waals surface area contributed by atoms with Crippen LogP contribution in [0.4, 0.5) is 0 Å². The number of nitrogens with one attached hydrogen (secondary N) is 1. The number of aromatic amines is 1. The van der Waals surface area contributed by atoms with Crippen LogP contribution in [-0.4, -0.2) is 9.78 Å². The summed E-state index contributed by atoms with van der Waals surface area (Å²) in [5.74, 6) is 0. The highest BCUT2D eigenvalue weighted by Gasteiger charge is 1.94. The molecule has 0 aromatic carbocycles. The maximum atomic E-state index is 3.22. The minimum atomic E-state index is 1.13. The van der Waals surface area contributed by atoms with Gasteiger partial charge in [0.25, 0.3) is 0 Å². The first-order valence-electron chi connectivity index (χ1n) is 3.60. The molecule has 2 nitrogen and oxygen atoms in total. The molecule has 9 heavy (non-hydrogen) atoms. The molecule has 0 saturated heterocycles. The quantitative estimate of drug-likeness (QED) is 0.637. The summed E-state index contributed by atoms with van der Waals surface area (Å²) in [6.45, 7) is 5.46. The van der Waals surface area contributed by atoms with Gasteiger partial charge in [-0.2, -0.15) is 0 Å². The second kappa shape index (κ2) is 2.76. The Morgan fingerprint density at radius 3 is 2.67 bits per heavy atom. The Balaban J connectivity index is 2.33. The highest BCUT2D eigenvalue weighted by atomic mass is 15.3. The number of hydrogen-bond acceptors (Lipinski definition) is 0. The van der Waals surface area contributed by atoms with Crippen LogP contribution in [-0.2, 0) is 13.0 Å². The molecule has 0 bridgehead atoms. The number of aromatic nitrogens is 2. The van der Waals surface area contributed by atoms with Crippen molar-refractivity contribution in [2.24, 2.45) is 0 Å². The molecule has 1 aromatic rings. The molecule has 0 aliphatic carbocycles. The van der Waals surface area contributed by atoms with Gasteiger partial charge in [-0.25, -0.2) is 0 Å². The van der Waals surface area contributed by atoms with Gasteiger partial charge in [-0.3, -0.25) is 4.68 Å². The third-order valence-corrected chi connectivity index (χ3v) is 1.44. The molecule has 0 fully saturated rings. The first-order valence-corrected chi connectivity index (χ1v) is 3.60. The molecule has 2 heteroatoms. The summed E-state index contributed by atoms with van der Waals surface area (Å²) in [4.78, 5) is 0. The third kappa shape index (κ3) is 1.37. The van der Waals surface area contributed by atoms with E-state index in [0.717, 1.165) is 13.0 Å². The Labute approximate surface area is 55.9 Å². The Morgan fingerprint density at radius 1 is 1.56 bits per heavy atom. The standard InChI is InChI=1S/C7H14N2/c1-3-5-9-6-7(4-2)8-9/h6,8H,3-5H2,1-2H3. The molecular formula is C7H14N2. The third-order valence-electron chi connectivity index (χ3n) is 1.44. The summed E-state index contributed by atoms with van der Waals surface area (Å²) >= 11 is 0. The van der Waals surface area contributed by atoms with E-state index in [2.05, 4.69) is 29.8 Å². The van der Waals surface area contributed by atoms with Gasteiger partial charge >= 0.3 is 0 Å². The van der Waals surface area contributed by atoms with Crippen LogP contribution in [0.5, 0.6) is 0 Å². The van der Waals surface area contributed by atoms with Crippen molar-refractivity contribution in [2.45, 2.75) is 33.2 Å². The van der Waals surface area contributed by atoms with E-state index >= 15 is 0 Å². The van der Waals surface area contributed by atoms with Crippen molar-refractivity contribution in [3.05, 3.63) is 11.9 Å². The smallest absolute Gasteiger partial charge is 0.0491 e. The van der Waals surface area contributed by atoms with E-state index < -0.39 is 0 Å². The second-order valence-electron chi connectivity index (χ2n) is 2.31. The molecule has 0 aliphatic heterocycles. The van der Waals surface area contributed by atoms with Gasteiger partial charge in [0.2, 0.25) is 0 Å². The molecular weight excluding hydrogens is 112 g/mol. The number of nitrogens with zero attached hydrogens (tertiary/aromatic N) is 1. The monoisotopic (exact) mass is 126 g/mol. The molecule has 1 aromatic heterocycles. The molecule has 0 unspecified atom stereocenters. The zero-order valence-corrected chi connectivity index (χ0v) is 6.15. The van der Waals surface area contributed by atoms with Gasteiger partial charge in [-0.15, -0.1) is 0 Å². The summed E-state index contributed by atoms with van der Waals surface area (Å²) < 4.78 is 2.12. The van der Waals surface area contributed by atoms with Gasteiger partial charge in [0.05, 0.1) is 0 Å². The largest absolute Gasteiger partial charge is 0.301 e. The molecule has 52 valence electrons. The Morgan fingerprint density at radius 2 is 2.22 bits per heavy atom. The zero-order chi connectivity index (χ0) is 6.69. The van der Waals surface area contributed by atoms with Crippen molar-refractivity contribution in [3.63, 3.8) is 0 Å². The molecule has 0 radical (unpaired) electrons. The summed E-state index contributed by atoms with van der Waals surface area (Å²) in [5, 5.41) is 3.22. The van der Waals surface area contributed by atoms with Crippen molar-refractivity contribution in [1.82, 2.24) is 9.78 Å². The second-order valence-corrected chi connectivity index (χ2v) is 2.31. The van der Waals surface area contributed by atoms with Crippen molar-refractivity contribution in [3.8, 4) is 0 Å². The van der Waals surface area contributed by atoms with Crippen LogP contribution in [0, 0.1) is 0 Å². The number of hydrogen-bond donors (Lipinski definition) is 1. The first-order chi connectivity index (χ1) is 4.36. The van der Waals surface area contributed by atoms with E-state index in [9.17, 15) is 0 Å². The molecule has 0 atom stereocenters. The van der Waals surface area contributed by atoms with Gasteiger partial charge in [-0.1, -0.05) is 13.8 Å². The summed E-state index contributed by atoms with van der Waals surface area (Å²) in [6.07, 6.45) is 4.50. The van der Waals surface area contributed by atoms with Gasteiger partial charge < -0.3 is 5.10 Å². The Bertz CT molecular complexity index is 150. The van der Waals surface area contributed by atoms with Gasteiger partial charge in [0.15, 0.2) is 0 Å². The zero-order valence-electron chi connectivity index (χ0n) is 6.15. The molecule has 1 heterocycles. The average molecular weight is 126 g/mol. The van der Waals surface area contributed by atoms with Crippen molar-refractivity contribution >= 4 is 0 Å².